The number of aromatic nitrogens is 4. The average Bonchev–Trinajstić information content (AvgIpc) is 3.46. The number of carbonyl (C=O) groups excluding carboxylic acids is 1. The Morgan fingerprint density at radius 1 is 1.22 bits per heavy atom. The third kappa shape index (κ3) is 5.65. The van der Waals surface area contributed by atoms with Crippen molar-refractivity contribution in [3.8, 4) is 0 Å². The van der Waals surface area contributed by atoms with Crippen molar-refractivity contribution in [1.82, 2.24) is 24.6 Å². The summed E-state index contributed by atoms with van der Waals surface area (Å²) in [5.41, 5.74) is 0.859. The van der Waals surface area contributed by atoms with E-state index in [0.29, 0.717) is 29.6 Å². The number of carbonyl (C=O) groups is 2. The molecule has 12 heteroatoms. The fourth-order valence-electron chi connectivity index (χ4n) is 4.51. The van der Waals surface area contributed by atoms with Gasteiger partial charge in [-0.25, -0.2) is 14.6 Å². The Morgan fingerprint density at radius 3 is 2.54 bits per heavy atom. The molecule has 200 valence electrons. The van der Waals surface area contributed by atoms with Gasteiger partial charge in [0.25, 0.3) is 0 Å². The number of aromatic carboxylic acids is 1. The zero-order valence-corrected chi connectivity index (χ0v) is 23.3. The van der Waals surface area contributed by atoms with E-state index in [2.05, 4.69) is 41.3 Å². The summed E-state index contributed by atoms with van der Waals surface area (Å²) in [6, 6.07) is 3.53. The highest BCUT2D eigenvalue weighted by Crippen LogP contribution is 2.35. The van der Waals surface area contributed by atoms with Crippen molar-refractivity contribution in [3.05, 3.63) is 39.4 Å². The standard InChI is InChI=1S/C25H32Cl2N6O4/c1-24(2,3)15-9-14-17(10-16(15)26)30-31-21(14)28-11-18-29-20(27)19(22(34)35)33(18)13-7-8-32(12-13)23(36)37-25(4,5)6/h9-10,13H,7-8,11-12H2,1-6H3,(H,34,35)(H2,28,30,31). The van der Waals surface area contributed by atoms with Crippen molar-refractivity contribution < 1.29 is 19.4 Å². The number of likely N-dealkylation sites (tertiary alicyclic amines) is 1. The lowest BCUT2D eigenvalue weighted by molar-refractivity contribution is 0.0289. The van der Waals surface area contributed by atoms with Gasteiger partial charge in [-0.05, 0) is 50.3 Å². The first kappa shape index (κ1) is 27.1. The van der Waals surface area contributed by atoms with Crippen molar-refractivity contribution >= 4 is 52.0 Å². The van der Waals surface area contributed by atoms with Crippen molar-refractivity contribution in [2.45, 2.75) is 71.6 Å². The first-order chi connectivity index (χ1) is 17.2. The van der Waals surface area contributed by atoms with Crippen LogP contribution in [0.1, 0.15) is 75.9 Å². The number of aromatic amines is 1. The van der Waals surface area contributed by atoms with Crippen LogP contribution in [0.2, 0.25) is 10.2 Å². The Hall–Kier alpha value is -2.98. The molecule has 1 amide bonds. The van der Waals surface area contributed by atoms with E-state index in [0.717, 1.165) is 16.5 Å². The number of imidazole rings is 1. The number of fused-ring (bicyclic) bond motifs is 1. The van der Waals surface area contributed by atoms with Gasteiger partial charge in [-0.3, -0.25) is 5.10 Å². The topological polar surface area (TPSA) is 125 Å². The molecule has 1 aliphatic rings. The molecular weight excluding hydrogens is 519 g/mol. The van der Waals surface area contributed by atoms with Crippen LogP contribution in [0.3, 0.4) is 0 Å². The van der Waals surface area contributed by atoms with E-state index in [-0.39, 0.29) is 35.4 Å². The molecule has 2 aromatic heterocycles. The minimum absolute atomic E-state index is 0.103. The molecule has 1 aromatic carbocycles. The van der Waals surface area contributed by atoms with Gasteiger partial charge in [-0.1, -0.05) is 44.0 Å². The summed E-state index contributed by atoms with van der Waals surface area (Å²) in [4.78, 5) is 30.6. The number of amides is 1. The van der Waals surface area contributed by atoms with Crippen LogP contribution in [0.15, 0.2) is 12.1 Å². The Bertz CT molecular complexity index is 1350. The minimum atomic E-state index is -1.19. The summed E-state index contributed by atoms with van der Waals surface area (Å²) in [6.07, 6.45) is 0.104. The molecule has 0 saturated carbocycles. The van der Waals surface area contributed by atoms with E-state index in [1.807, 2.05) is 12.1 Å². The van der Waals surface area contributed by atoms with Crippen LogP contribution in [0.25, 0.3) is 10.9 Å². The van der Waals surface area contributed by atoms with Crippen LogP contribution < -0.4 is 5.32 Å². The van der Waals surface area contributed by atoms with E-state index in [4.69, 9.17) is 27.9 Å². The predicted octanol–water partition coefficient (Wildman–Crippen LogP) is 5.86. The van der Waals surface area contributed by atoms with Crippen LogP contribution in [0.5, 0.6) is 0 Å². The second kappa shape index (κ2) is 9.72. The molecule has 3 N–H and O–H groups in total. The Balaban J connectivity index is 1.61. The van der Waals surface area contributed by atoms with Gasteiger partial charge < -0.3 is 24.6 Å². The molecule has 0 radical (unpaired) electrons. The smallest absolute Gasteiger partial charge is 0.410 e. The number of ether oxygens (including phenoxy) is 1. The first-order valence-corrected chi connectivity index (χ1v) is 12.8. The van der Waals surface area contributed by atoms with Gasteiger partial charge in [0, 0.05) is 23.5 Å². The van der Waals surface area contributed by atoms with E-state index in [1.165, 1.54) is 0 Å². The van der Waals surface area contributed by atoms with Gasteiger partial charge in [0.15, 0.2) is 16.7 Å². The Labute approximate surface area is 225 Å². The van der Waals surface area contributed by atoms with Crippen LogP contribution in [0, 0.1) is 0 Å². The predicted molar refractivity (Wildman–Crippen MR) is 143 cm³/mol. The molecule has 0 aliphatic carbocycles. The summed E-state index contributed by atoms with van der Waals surface area (Å²) in [5, 5.41) is 21.9. The molecule has 3 aromatic rings. The fourth-order valence-corrected chi connectivity index (χ4v) is 5.23. The summed E-state index contributed by atoms with van der Waals surface area (Å²) < 4.78 is 7.09. The van der Waals surface area contributed by atoms with Crippen molar-refractivity contribution in [2.24, 2.45) is 0 Å². The summed E-state index contributed by atoms with van der Waals surface area (Å²) in [6.45, 7) is 12.6. The van der Waals surface area contributed by atoms with Gasteiger partial charge in [0.2, 0.25) is 0 Å². The van der Waals surface area contributed by atoms with E-state index >= 15 is 0 Å². The van der Waals surface area contributed by atoms with Crippen molar-refractivity contribution in [2.75, 3.05) is 18.4 Å². The molecule has 1 saturated heterocycles. The van der Waals surface area contributed by atoms with Crippen molar-refractivity contribution in [1.29, 1.82) is 0 Å². The number of nitrogens with zero attached hydrogens (tertiary/aromatic N) is 4. The lowest BCUT2D eigenvalue weighted by atomic mass is 9.86. The molecule has 0 spiro atoms. The normalized spacial score (nSPS) is 16.4. The highest BCUT2D eigenvalue weighted by atomic mass is 35.5. The number of carboxylic acids is 1. The van der Waals surface area contributed by atoms with Crippen LogP contribution in [0.4, 0.5) is 10.6 Å². The maximum absolute atomic E-state index is 12.6. The quantitative estimate of drug-likeness (QED) is 0.363. The lowest BCUT2D eigenvalue weighted by Crippen LogP contribution is -2.35. The lowest BCUT2D eigenvalue weighted by Gasteiger charge is -2.25. The first-order valence-electron chi connectivity index (χ1n) is 12.1. The summed E-state index contributed by atoms with van der Waals surface area (Å²) >= 11 is 12.8. The number of anilines is 1. The zero-order valence-electron chi connectivity index (χ0n) is 21.8. The molecule has 0 bridgehead atoms. The number of carboxylic acid groups (broad SMARTS) is 1. The zero-order chi connectivity index (χ0) is 27.3. The molecule has 1 aliphatic heterocycles. The van der Waals surface area contributed by atoms with E-state index in [1.54, 1.807) is 30.2 Å². The van der Waals surface area contributed by atoms with Crippen LogP contribution in [-0.2, 0) is 16.7 Å². The summed E-state index contributed by atoms with van der Waals surface area (Å²) in [7, 11) is 0. The number of H-pyrrole nitrogens is 1. The number of benzene rings is 1. The maximum Gasteiger partial charge on any atom is 0.410 e. The second-order valence-electron chi connectivity index (χ2n) is 11.3. The Morgan fingerprint density at radius 2 is 1.92 bits per heavy atom. The molecular formula is C25H32Cl2N6O4. The molecule has 4 rings (SSSR count). The number of hydrogen-bond acceptors (Lipinski definition) is 6. The van der Waals surface area contributed by atoms with Gasteiger partial charge in [0.05, 0.1) is 18.1 Å². The van der Waals surface area contributed by atoms with Crippen molar-refractivity contribution in [3.63, 3.8) is 0 Å². The SMILES string of the molecule is CC(C)(C)OC(=O)N1CCC(n2c(CNc3n[nH]c4cc(Cl)c(C(C)(C)C)cc34)nc(Cl)c2C(=O)O)C1. The van der Waals surface area contributed by atoms with Crippen LogP contribution in [-0.4, -0.2) is 60.5 Å². The number of rotatable bonds is 5. The average molecular weight is 551 g/mol. The highest BCUT2D eigenvalue weighted by Gasteiger charge is 2.35. The molecule has 3 heterocycles. The molecule has 37 heavy (non-hydrogen) atoms. The third-order valence-electron chi connectivity index (χ3n) is 6.20. The summed E-state index contributed by atoms with van der Waals surface area (Å²) in [5.74, 6) is -0.171. The largest absolute Gasteiger partial charge is 0.476 e. The highest BCUT2D eigenvalue weighted by molar-refractivity contribution is 6.32. The molecule has 1 atom stereocenters. The number of hydrogen-bond donors (Lipinski definition) is 3. The maximum atomic E-state index is 12.6. The second-order valence-corrected chi connectivity index (χ2v) is 12.0. The molecule has 1 fully saturated rings. The minimum Gasteiger partial charge on any atom is -0.476 e. The van der Waals surface area contributed by atoms with Gasteiger partial charge in [-0.2, -0.15) is 5.10 Å². The van der Waals surface area contributed by atoms with Gasteiger partial charge in [0.1, 0.15) is 11.4 Å². The molecule has 10 nitrogen and oxygen atoms in total. The fraction of sp³-hybridized carbons (Fsp3) is 0.520. The van der Waals surface area contributed by atoms with Crippen LogP contribution >= 0.6 is 23.2 Å². The van der Waals surface area contributed by atoms with E-state index < -0.39 is 17.7 Å². The van der Waals surface area contributed by atoms with Gasteiger partial charge in [-0.15, -0.1) is 0 Å². The van der Waals surface area contributed by atoms with Gasteiger partial charge >= 0.3 is 12.1 Å². The Kier molecular flexibility index (Phi) is 7.11. The number of nitrogens with one attached hydrogen (secondary N) is 2. The van der Waals surface area contributed by atoms with E-state index in [9.17, 15) is 14.7 Å². The third-order valence-corrected chi connectivity index (χ3v) is 6.77. The molecule has 1 unspecified atom stereocenters. The monoisotopic (exact) mass is 550 g/mol. The number of halogens is 2.